The second-order valence-electron chi connectivity index (χ2n) is 7.80. The Morgan fingerprint density at radius 2 is 1.68 bits per heavy atom. The fourth-order valence-corrected chi connectivity index (χ4v) is 4.09. The molecule has 1 aliphatic heterocycles. The molecule has 3 aromatic carbocycles. The maximum Gasteiger partial charge on any atom is 0.416 e. The summed E-state index contributed by atoms with van der Waals surface area (Å²) in [5.41, 5.74) is -1.20. The van der Waals surface area contributed by atoms with E-state index in [0.29, 0.717) is 6.07 Å². The van der Waals surface area contributed by atoms with Crippen molar-refractivity contribution < 1.29 is 32.3 Å². The molecule has 1 aliphatic rings. The molecule has 3 aromatic rings. The second kappa shape index (κ2) is 10.6. The first-order chi connectivity index (χ1) is 17.9. The van der Waals surface area contributed by atoms with Crippen molar-refractivity contribution in [3.8, 4) is 5.75 Å². The van der Waals surface area contributed by atoms with Gasteiger partial charge in [-0.3, -0.25) is 14.4 Å². The number of imide groups is 1. The zero-order valence-corrected chi connectivity index (χ0v) is 21.4. The summed E-state index contributed by atoms with van der Waals surface area (Å²) in [5.74, 6) is -2.19. The Hall–Kier alpha value is -3.73. The Morgan fingerprint density at radius 1 is 0.947 bits per heavy atom. The first kappa shape index (κ1) is 27.3. The summed E-state index contributed by atoms with van der Waals surface area (Å²) in [5, 5.41) is 4.81. The average molecular weight is 585 g/mol. The van der Waals surface area contributed by atoms with E-state index in [-0.39, 0.29) is 44.1 Å². The highest BCUT2D eigenvalue weighted by Gasteiger charge is 2.40. The van der Waals surface area contributed by atoms with Crippen LogP contribution < -0.4 is 20.3 Å². The van der Waals surface area contributed by atoms with Crippen LogP contribution in [0.3, 0.4) is 0 Å². The summed E-state index contributed by atoms with van der Waals surface area (Å²) in [4.78, 5) is 39.5. The van der Waals surface area contributed by atoms with Gasteiger partial charge in [-0.2, -0.15) is 13.2 Å². The van der Waals surface area contributed by atoms with Crippen LogP contribution >= 0.6 is 34.8 Å². The fraction of sp³-hybridized carbons (Fsp3) is 0.0800. The van der Waals surface area contributed by atoms with Crippen molar-refractivity contribution in [1.29, 1.82) is 0 Å². The molecule has 0 spiro atoms. The summed E-state index contributed by atoms with van der Waals surface area (Å²) < 4.78 is 44.4. The molecule has 1 heterocycles. The van der Waals surface area contributed by atoms with Crippen LogP contribution in [-0.2, 0) is 15.8 Å². The van der Waals surface area contributed by atoms with Crippen LogP contribution in [0.5, 0.6) is 5.75 Å². The molecule has 0 radical (unpaired) electrons. The summed E-state index contributed by atoms with van der Waals surface area (Å²) in [6.45, 7) is 0. The third-order valence-corrected chi connectivity index (χ3v) is 6.26. The predicted octanol–water partition coefficient (Wildman–Crippen LogP) is 6.71. The summed E-state index contributed by atoms with van der Waals surface area (Å²) in [7, 11) is 1.36. The molecule has 7 nitrogen and oxygen atoms in total. The largest absolute Gasteiger partial charge is 0.495 e. The number of anilines is 3. The molecule has 0 atom stereocenters. The number of benzene rings is 3. The lowest BCUT2D eigenvalue weighted by atomic mass is 10.1. The summed E-state index contributed by atoms with van der Waals surface area (Å²) in [6, 6.07) is 12.6. The van der Waals surface area contributed by atoms with E-state index in [1.54, 1.807) is 0 Å². The number of hydrogen-bond acceptors (Lipinski definition) is 5. The summed E-state index contributed by atoms with van der Waals surface area (Å²) >= 11 is 18.2. The van der Waals surface area contributed by atoms with E-state index < -0.39 is 34.5 Å². The average Bonchev–Trinajstić information content (AvgIpc) is 3.07. The number of nitrogens with one attached hydrogen (secondary N) is 2. The van der Waals surface area contributed by atoms with Crippen LogP contribution in [0.15, 0.2) is 71.4 Å². The number of carbonyl (C=O) groups is 3. The standard InChI is InChI=1S/C25H15Cl3F3N3O4/c1-38-19-8-6-14(26)11-18(19)34-23(36)20(28)21(24(34)37)32-15-4-2-3-12(9-15)22(35)33-17-10-13(25(29,30)31)5-7-16(17)27/h2-11,32H,1H3,(H,33,35). The van der Waals surface area contributed by atoms with Crippen molar-refractivity contribution in [2.45, 2.75) is 6.18 Å². The zero-order chi connectivity index (χ0) is 27.8. The van der Waals surface area contributed by atoms with E-state index in [2.05, 4.69) is 10.6 Å². The molecular formula is C25H15Cl3F3N3O4. The number of halogens is 6. The van der Waals surface area contributed by atoms with Gasteiger partial charge in [0, 0.05) is 16.3 Å². The lowest BCUT2D eigenvalue weighted by Gasteiger charge is -2.18. The van der Waals surface area contributed by atoms with Gasteiger partial charge in [0.1, 0.15) is 16.5 Å². The van der Waals surface area contributed by atoms with Gasteiger partial charge in [-0.25, -0.2) is 4.90 Å². The van der Waals surface area contributed by atoms with Crippen molar-refractivity contribution in [2.75, 3.05) is 22.6 Å². The third kappa shape index (κ3) is 5.42. The predicted molar refractivity (Wildman–Crippen MR) is 138 cm³/mol. The summed E-state index contributed by atoms with van der Waals surface area (Å²) in [6.07, 6.45) is -4.63. The lowest BCUT2D eigenvalue weighted by Crippen LogP contribution is -2.32. The van der Waals surface area contributed by atoms with Gasteiger partial charge in [0.2, 0.25) is 0 Å². The minimum atomic E-state index is -4.63. The molecule has 0 bridgehead atoms. The first-order valence-electron chi connectivity index (χ1n) is 10.6. The number of alkyl halides is 3. The molecule has 196 valence electrons. The smallest absolute Gasteiger partial charge is 0.416 e. The molecular weight excluding hydrogens is 570 g/mol. The Bertz CT molecular complexity index is 1510. The van der Waals surface area contributed by atoms with E-state index in [1.807, 2.05) is 0 Å². The molecule has 0 saturated carbocycles. The number of amides is 3. The Morgan fingerprint density at radius 3 is 2.37 bits per heavy atom. The normalized spacial score (nSPS) is 13.7. The highest BCUT2D eigenvalue weighted by Crippen LogP contribution is 2.38. The third-order valence-electron chi connectivity index (χ3n) is 5.35. The Labute approximate surface area is 228 Å². The first-order valence-corrected chi connectivity index (χ1v) is 11.7. The molecule has 38 heavy (non-hydrogen) atoms. The monoisotopic (exact) mass is 583 g/mol. The molecule has 3 amide bonds. The quantitative estimate of drug-likeness (QED) is 0.315. The number of nitrogens with zero attached hydrogens (tertiary/aromatic N) is 1. The number of carbonyl (C=O) groups excluding carboxylic acids is 3. The van der Waals surface area contributed by atoms with Crippen molar-refractivity contribution >= 4 is 69.6 Å². The Kier molecular flexibility index (Phi) is 7.59. The second-order valence-corrected chi connectivity index (χ2v) is 9.02. The number of rotatable bonds is 6. The van der Waals surface area contributed by atoms with Crippen LogP contribution in [0, 0.1) is 0 Å². The van der Waals surface area contributed by atoms with Crippen molar-refractivity contribution in [2.24, 2.45) is 0 Å². The molecule has 0 fully saturated rings. The molecule has 13 heteroatoms. The zero-order valence-electron chi connectivity index (χ0n) is 19.1. The number of methoxy groups -OCH3 is 1. The maximum absolute atomic E-state index is 13.1. The minimum Gasteiger partial charge on any atom is -0.495 e. The van der Waals surface area contributed by atoms with Crippen molar-refractivity contribution in [3.05, 3.63) is 92.6 Å². The van der Waals surface area contributed by atoms with Crippen LogP contribution in [0.4, 0.5) is 30.2 Å². The highest BCUT2D eigenvalue weighted by atomic mass is 35.5. The van der Waals surface area contributed by atoms with Gasteiger partial charge in [-0.15, -0.1) is 0 Å². The van der Waals surface area contributed by atoms with Gasteiger partial charge in [0.05, 0.1) is 29.1 Å². The van der Waals surface area contributed by atoms with Gasteiger partial charge in [0.25, 0.3) is 17.7 Å². The topological polar surface area (TPSA) is 87.7 Å². The molecule has 0 aromatic heterocycles. The minimum absolute atomic E-state index is 0.0188. The van der Waals surface area contributed by atoms with Crippen LogP contribution in [0.2, 0.25) is 10.0 Å². The van der Waals surface area contributed by atoms with Crippen molar-refractivity contribution in [1.82, 2.24) is 0 Å². The SMILES string of the molecule is COc1ccc(Cl)cc1N1C(=O)C(Cl)=C(Nc2cccc(C(=O)Nc3cc(C(F)(F)F)ccc3Cl)c2)C1=O. The molecule has 4 rings (SSSR count). The molecule has 0 saturated heterocycles. The lowest BCUT2D eigenvalue weighted by molar-refractivity contribution is -0.137. The van der Waals surface area contributed by atoms with Gasteiger partial charge in [0.15, 0.2) is 0 Å². The van der Waals surface area contributed by atoms with E-state index in [9.17, 15) is 27.6 Å². The number of hydrogen-bond donors (Lipinski definition) is 2. The molecule has 2 N–H and O–H groups in total. The number of ether oxygens (including phenoxy) is 1. The van der Waals surface area contributed by atoms with Crippen LogP contribution in [0.25, 0.3) is 0 Å². The van der Waals surface area contributed by atoms with Gasteiger partial charge >= 0.3 is 6.18 Å². The molecule has 0 unspecified atom stereocenters. The Balaban J connectivity index is 1.57. The van der Waals surface area contributed by atoms with E-state index >= 15 is 0 Å². The van der Waals surface area contributed by atoms with E-state index in [0.717, 1.165) is 17.0 Å². The fourth-order valence-electron chi connectivity index (χ4n) is 3.54. The maximum atomic E-state index is 13.1. The van der Waals surface area contributed by atoms with Crippen LogP contribution in [0.1, 0.15) is 15.9 Å². The van der Waals surface area contributed by atoms with Gasteiger partial charge < -0.3 is 15.4 Å². The van der Waals surface area contributed by atoms with Crippen molar-refractivity contribution in [3.63, 3.8) is 0 Å². The van der Waals surface area contributed by atoms with E-state index in [4.69, 9.17) is 39.5 Å². The van der Waals surface area contributed by atoms with Gasteiger partial charge in [-0.1, -0.05) is 40.9 Å². The van der Waals surface area contributed by atoms with Crippen LogP contribution in [-0.4, -0.2) is 24.8 Å². The van der Waals surface area contributed by atoms with E-state index in [1.165, 1.54) is 49.6 Å². The highest BCUT2D eigenvalue weighted by molar-refractivity contribution is 6.53. The molecule has 0 aliphatic carbocycles. The van der Waals surface area contributed by atoms with Gasteiger partial charge in [-0.05, 0) is 54.6 Å².